The van der Waals surface area contributed by atoms with Crippen molar-refractivity contribution in [1.82, 2.24) is 5.43 Å². The maximum absolute atomic E-state index is 12.4. The summed E-state index contributed by atoms with van der Waals surface area (Å²) in [6.45, 7) is 2.52. The van der Waals surface area contributed by atoms with Crippen LogP contribution in [0.25, 0.3) is 21.5 Å². The topological polar surface area (TPSA) is 50.7 Å². The fourth-order valence-corrected chi connectivity index (χ4v) is 3.28. The molecule has 0 saturated carbocycles. The fourth-order valence-electron chi connectivity index (χ4n) is 3.28. The summed E-state index contributed by atoms with van der Waals surface area (Å²) in [4.78, 5) is 12.4. The molecule has 28 heavy (non-hydrogen) atoms. The van der Waals surface area contributed by atoms with Crippen molar-refractivity contribution >= 4 is 33.7 Å². The van der Waals surface area contributed by atoms with Crippen molar-refractivity contribution in [3.8, 4) is 5.75 Å². The van der Waals surface area contributed by atoms with Crippen LogP contribution in [0.5, 0.6) is 5.75 Å². The van der Waals surface area contributed by atoms with Crippen LogP contribution in [0.3, 0.4) is 0 Å². The second kappa shape index (κ2) is 7.92. The number of hydrogen-bond acceptors (Lipinski definition) is 3. The van der Waals surface area contributed by atoms with Gasteiger partial charge in [0.05, 0.1) is 12.8 Å². The highest BCUT2D eigenvalue weighted by atomic mass is 16.5. The van der Waals surface area contributed by atoms with Crippen molar-refractivity contribution in [1.29, 1.82) is 0 Å². The average molecular weight is 368 g/mol. The average Bonchev–Trinajstić information content (AvgIpc) is 2.74. The summed E-state index contributed by atoms with van der Waals surface area (Å²) in [6.07, 6.45) is 1.72. The second-order valence-corrected chi connectivity index (χ2v) is 6.39. The van der Waals surface area contributed by atoms with Gasteiger partial charge in [0.25, 0.3) is 5.91 Å². The molecule has 4 rings (SSSR count). The van der Waals surface area contributed by atoms with Crippen molar-refractivity contribution in [2.75, 3.05) is 6.61 Å². The van der Waals surface area contributed by atoms with Crippen LogP contribution >= 0.6 is 0 Å². The fraction of sp³-hybridized carbons (Fsp3) is 0.0833. The molecule has 0 aromatic heterocycles. The number of amides is 1. The summed E-state index contributed by atoms with van der Waals surface area (Å²) in [7, 11) is 0. The Balaban J connectivity index is 1.62. The molecular weight excluding hydrogens is 348 g/mol. The third-order valence-corrected chi connectivity index (χ3v) is 4.60. The lowest BCUT2D eigenvalue weighted by Gasteiger charge is -2.08. The van der Waals surface area contributed by atoms with E-state index in [-0.39, 0.29) is 5.91 Å². The smallest absolute Gasteiger partial charge is 0.271 e. The first-order chi connectivity index (χ1) is 13.8. The van der Waals surface area contributed by atoms with Crippen LogP contribution in [0, 0.1) is 0 Å². The first kappa shape index (κ1) is 17.7. The van der Waals surface area contributed by atoms with Crippen LogP contribution in [-0.2, 0) is 0 Å². The Labute approximate surface area is 163 Å². The molecule has 0 saturated heterocycles. The van der Waals surface area contributed by atoms with Gasteiger partial charge in [-0.3, -0.25) is 4.79 Å². The van der Waals surface area contributed by atoms with Gasteiger partial charge in [0.15, 0.2) is 0 Å². The Morgan fingerprint density at radius 1 is 0.929 bits per heavy atom. The van der Waals surface area contributed by atoms with E-state index in [2.05, 4.69) is 40.9 Å². The molecule has 0 bridgehead atoms. The molecule has 4 nitrogen and oxygen atoms in total. The molecule has 0 aliphatic carbocycles. The van der Waals surface area contributed by atoms with Crippen LogP contribution in [0.4, 0.5) is 0 Å². The van der Waals surface area contributed by atoms with Gasteiger partial charge >= 0.3 is 0 Å². The molecule has 0 radical (unpaired) electrons. The lowest BCUT2D eigenvalue weighted by atomic mass is 9.97. The summed E-state index contributed by atoms with van der Waals surface area (Å²) in [6, 6.07) is 25.5. The third-order valence-electron chi connectivity index (χ3n) is 4.60. The molecule has 0 fully saturated rings. The largest absolute Gasteiger partial charge is 0.494 e. The predicted octanol–water partition coefficient (Wildman–Crippen LogP) is 5.16. The van der Waals surface area contributed by atoms with Gasteiger partial charge in [-0.1, -0.05) is 48.5 Å². The molecular formula is C24H20N2O2. The first-order valence-electron chi connectivity index (χ1n) is 9.23. The standard InChI is InChI=1S/C24H20N2O2/c1-2-28-20-13-11-17(12-14-20)24(27)26-25-16-23-21-9-5-3-7-18(21)15-19-8-4-6-10-22(19)23/h3-16H,2H2,1H3,(H,26,27)/b25-16-. The van der Waals surface area contributed by atoms with E-state index in [0.29, 0.717) is 12.2 Å². The highest BCUT2D eigenvalue weighted by molar-refractivity contribution is 6.13. The number of rotatable bonds is 5. The Morgan fingerprint density at radius 3 is 2.14 bits per heavy atom. The highest BCUT2D eigenvalue weighted by Gasteiger charge is 2.07. The first-order valence-corrected chi connectivity index (χ1v) is 9.23. The molecule has 4 aromatic carbocycles. The summed E-state index contributed by atoms with van der Waals surface area (Å²) in [5.74, 6) is 0.480. The van der Waals surface area contributed by atoms with Crippen molar-refractivity contribution in [3.63, 3.8) is 0 Å². The number of nitrogens with one attached hydrogen (secondary N) is 1. The monoisotopic (exact) mass is 368 g/mol. The quantitative estimate of drug-likeness (QED) is 0.301. The van der Waals surface area contributed by atoms with Crippen molar-refractivity contribution in [2.24, 2.45) is 5.10 Å². The molecule has 138 valence electrons. The molecule has 0 heterocycles. The molecule has 4 aromatic rings. The van der Waals surface area contributed by atoms with E-state index in [1.54, 1.807) is 30.5 Å². The summed E-state index contributed by atoms with van der Waals surface area (Å²) in [5.41, 5.74) is 4.14. The SMILES string of the molecule is CCOc1ccc(C(=O)N/N=C\c2c3ccccc3cc3ccccc23)cc1. The summed E-state index contributed by atoms with van der Waals surface area (Å²) in [5, 5.41) is 8.69. The van der Waals surface area contributed by atoms with E-state index in [0.717, 1.165) is 32.9 Å². The zero-order valence-electron chi connectivity index (χ0n) is 15.6. The lowest BCUT2D eigenvalue weighted by molar-refractivity contribution is 0.0955. The number of carbonyl (C=O) groups excluding carboxylic acids is 1. The highest BCUT2D eigenvalue weighted by Crippen LogP contribution is 2.27. The zero-order valence-corrected chi connectivity index (χ0v) is 15.6. The summed E-state index contributed by atoms with van der Waals surface area (Å²) >= 11 is 0. The van der Waals surface area contributed by atoms with Gasteiger partial charge in [0.1, 0.15) is 5.75 Å². The van der Waals surface area contributed by atoms with Crippen molar-refractivity contribution in [3.05, 3.63) is 90.0 Å². The number of benzene rings is 4. The molecule has 0 spiro atoms. The number of fused-ring (bicyclic) bond motifs is 2. The molecule has 0 unspecified atom stereocenters. The van der Waals surface area contributed by atoms with E-state index < -0.39 is 0 Å². The van der Waals surface area contributed by atoms with Crippen LogP contribution in [0.1, 0.15) is 22.8 Å². The van der Waals surface area contributed by atoms with Crippen molar-refractivity contribution in [2.45, 2.75) is 6.92 Å². The van der Waals surface area contributed by atoms with Crippen LogP contribution in [0.15, 0.2) is 84.0 Å². The maximum atomic E-state index is 12.4. The zero-order chi connectivity index (χ0) is 19.3. The van der Waals surface area contributed by atoms with E-state index in [1.807, 2.05) is 31.2 Å². The Morgan fingerprint density at radius 2 is 1.54 bits per heavy atom. The van der Waals surface area contributed by atoms with E-state index in [1.165, 1.54) is 0 Å². The minimum absolute atomic E-state index is 0.260. The molecule has 1 amide bonds. The van der Waals surface area contributed by atoms with E-state index >= 15 is 0 Å². The number of nitrogens with zero attached hydrogens (tertiary/aromatic N) is 1. The lowest BCUT2D eigenvalue weighted by Crippen LogP contribution is -2.17. The van der Waals surface area contributed by atoms with Gasteiger partial charge in [-0.25, -0.2) is 5.43 Å². The van der Waals surface area contributed by atoms with Crippen molar-refractivity contribution < 1.29 is 9.53 Å². The Bertz CT molecular complexity index is 1110. The van der Waals surface area contributed by atoms with Gasteiger partial charge in [-0.05, 0) is 58.8 Å². The molecule has 0 aliphatic heterocycles. The van der Waals surface area contributed by atoms with Gasteiger partial charge < -0.3 is 4.74 Å². The van der Waals surface area contributed by atoms with Crippen LogP contribution < -0.4 is 10.2 Å². The minimum atomic E-state index is -0.260. The Kier molecular flexibility index (Phi) is 5.02. The molecule has 0 aliphatic rings. The van der Waals surface area contributed by atoms with Crippen LogP contribution in [0.2, 0.25) is 0 Å². The molecule has 0 atom stereocenters. The molecule has 4 heteroatoms. The maximum Gasteiger partial charge on any atom is 0.271 e. The van der Waals surface area contributed by atoms with Gasteiger partial charge in [-0.15, -0.1) is 0 Å². The summed E-state index contributed by atoms with van der Waals surface area (Å²) < 4.78 is 5.40. The predicted molar refractivity (Wildman–Crippen MR) is 114 cm³/mol. The normalized spacial score (nSPS) is 11.2. The second-order valence-electron chi connectivity index (χ2n) is 6.39. The number of carbonyl (C=O) groups is 1. The van der Waals surface area contributed by atoms with Gasteiger partial charge in [0.2, 0.25) is 0 Å². The Hall–Kier alpha value is -3.66. The number of hydrogen-bond donors (Lipinski definition) is 1. The minimum Gasteiger partial charge on any atom is -0.494 e. The molecule has 1 N–H and O–H groups in total. The van der Waals surface area contributed by atoms with E-state index in [9.17, 15) is 4.79 Å². The number of hydrazone groups is 1. The third kappa shape index (κ3) is 3.58. The van der Waals surface area contributed by atoms with E-state index in [4.69, 9.17) is 4.74 Å². The number of ether oxygens (including phenoxy) is 1. The van der Waals surface area contributed by atoms with Crippen LogP contribution in [-0.4, -0.2) is 18.7 Å². The van der Waals surface area contributed by atoms with Gasteiger partial charge in [-0.2, -0.15) is 5.10 Å². The van der Waals surface area contributed by atoms with Gasteiger partial charge in [0, 0.05) is 11.1 Å².